The van der Waals surface area contributed by atoms with Gasteiger partial charge < -0.3 is 4.74 Å². The van der Waals surface area contributed by atoms with E-state index in [0.717, 1.165) is 0 Å². The van der Waals surface area contributed by atoms with Gasteiger partial charge in [0, 0.05) is 0 Å². The fraction of sp³-hybridized carbons (Fsp3) is 0.500. The summed E-state index contributed by atoms with van der Waals surface area (Å²) >= 11 is 0. The van der Waals surface area contributed by atoms with Gasteiger partial charge in [0.05, 0.1) is 24.3 Å². The first kappa shape index (κ1) is 15.8. The summed E-state index contributed by atoms with van der Waals surface area (Å²) in [5.41, 5.74) is -0.610. The summed E-state index contributed by atoms with van der Waals surface area (Å²) in [5.74, 6) is -1.37. The van der Waals surface area contributed by atoms with E-state index in [-0.39, 0.29) is 6.61 Å². The molecule has 3 unspecified atom stereocenters. The highest BCUT2D eigenvalue weighted by molar-refractivity contribution is 5.96. The molecule has 7 heteroatoms. The van der Waals surface area contributed by atoms with Gasteiger partial charge in [0.1, 0.15) is 0 Å². The molecule has 3 atom stereocenters. The molecule has 21 heavy (non-hydrogen) atoms. The predicted molar refractivity (Wildman–Crippen MR) is 71.9 cm³/mol. The number of para-hydroxylation sites is 1. The van der Waals surface area contributed by atoms with E-state index >= 15 is 0 Å². The monoisotopic (exact) mass is 304 g/mol. The fourth-order valence-electron chi connectivity index (χ4n) is 2.43. The van der Waals surface area contributed by atoms with Gasteiger partial charge in [0.15, 0.2) is 5.71 Å². The van der Waals surface area contributed by atoms with Crippen molar-refractivity contribution in [3.05, 3.63) is 30.3 Å². The third kappa shape index (κ3) is 2.88. The number of anilines is 1. The standard InChI is InChI=1S/C12H10F4N2O.C2H6/c13-11-9-8(6-19-11)18(7-4-2-1-3-5-7)17-10(9)12(14,15)16;1-2/h1-5,8-9,11H,6H2;1-2H3. The maximum Gasteiger partial charge on any atom is 0.431 e. The third-order valence-electron chi connectivity index (χ3n) is 3.28. The molecule has 3 nitrogen and oxygen atoms in total. The van der Waals surface area contributed by atoms with Crippen LogP contribution in [0.3, 0.4) is 0 Å². The van der Waals surface area contributed by atoms with Gasteiger partial charge in [-0.25, -0.2) is 4.39 Å². The number of ether oxygens (including phenoxy) is 1. The zero-order valence-corrected chi connectivity index (χ0v) is 11.6. The van der Waals surface area contributed by atoms with Crippen LogP contribution in [0.5, 0.6) is 0 Å². The number of hydrazone groups is 1. The van der Waals surface area contributed by atoms with Crippen LogP contribution in [0.2, 0.25) is 0 Å². The Morgan fingerprint density at radius 1 is 1.19 bits per heavy atom. The second kappa shape index (κ2) is 6.01. The summed E-state index contributed by atoms with van der Waals surface area (Å²) in [6.45, 7) is 3.89. The summed E-state index contributed by atoms with van der Waals surface area (Å²) < 4.78 is 56.9. The van der Waals surface area contributed by atoms with Gasteiger partial charge >= 0.3 is 6.18 Å². The van der Waals surface area contributed by atoms with E-state index in [4.69, 9.17) is 4.74 Å². The van der Waals surface area contributed by atoms with E-state index in [1.807, 2.05) is 13.8 Å². The van der Waals surface area contributed by atoms with Gasteiger partial charge in [-0.3, -0.25) is 5.01 Å². The van der Waals surface area contributed by atoms with Gasteiger partial charge in [-0.05, 0) is 12.1 Å². The molecule has 3 rings (SSSR count). The Balaban J connectivity index is 0.000000774. The van der Waals surface area contributed by atoms with Crippen LogP contribution in [0.25, 0.3) is 0 Å². The van der Waals surface area contributed by atoms with E-state index in [1.54, 1.807) is 30.3 Å². The molecule has 0 N–H and O–H groups in total. The Bertz CT molecular complexity index is 503. The maximum atomic E-state index is 13.5. The van der Waals surface area contributed by atoms with Gasteiger partial charge in [-0.2, -0.15) is 18.3 Å². The summed E-state index contributed by atoms with van der Waals surface area (Å²) in [4.78, 5) is 0. The van der Waals surface area contributed by atoms with Gasteiger partial charge in [-0.1, -0.05) is 32.0 Å². The predicted octanol–water partition coefficient (Wildman–Crippen LogP) is 3.76. The first-order valence-corrected chi connectivity index (χ1v) is 6.74. The molecular formula is C14H16F4N2O. The van der Waals surface area contributed by atoms with E-state index < -0.39 is 30.2 Å². The molecule has 1 aromatic rings. The van der Waals surface area contributed by atoms with Crippen LogP contribution in [-0.4, -0.2) is 30.9 Å². The highest BCUT2D eigenvalue weighted by Crippen LogP contribution is 2.41. The molecule has 0 bridgehead atoms. The van der Waals surface area contributed by atoms with Crippen molar-refractivity contribution in [2.75, 3.05) is 11.6 Å². The Morgan fingerprint density at radius 3 is 2.38 bits per heavy atom. The van der Waals surface area contributed by atoms with E-state index in [1.165, 1.54) is 5.01 Å². The van der Waals surface area contributed by atoms with Crippen molar-refractivity contribution in [3.63, 3.8) is 0 Å². The van der Waals surface area contributed by atoms with Crippen molar-refractivity contribution in [2.45, 2.75) is 32.4 Å². The van der Waals surface area contributed by atoms with E-state index in [9.17, 15) is 17.6 Å². The summed E-state index contributed by atoms with van der Waals surface area (Å²) in [6, 6.07) is 7.64. The van der Waals surface area contributed by atoms with Crippen molar-refractivity contribution < 1.29 is 22.3 Å². The van der Waals surface area contributed by atoms with Crippen molar-refractivity contribution in [1.29, 1.82) is 0 Å². The molecule has 0 spiro atoms. The molecule has 1 aromatic carbocycles. The average molecular weight is 304 g/mol. The number of nitrogens with zero attached hydrogens (tertiary/aromatic N) is 2. The first-order chi connectivity index (χ1) is 9.98. The highest BCUT2D eigenvalue weighted by atomic mass is 19.4. The summed E-state index contributed by atoms with van der Waals surface area (Å²) in [7, 11) is 0. The Labute approximate surface area is 120 Å². The van der Waals surface area contributed by atoms with Crippen LogP contribution in [0.4, 0.5) is 23.2 Å². The molecule has 2 aliphatic heterocycles. The number of alkyl halides is 4. The van der Waals surface area contributed by atoms with Gasteiger partial charge in [0.25, 0.3) is 0 Å². The fourth-order valence-corrected chi connectivity index (χ4v) is 2.43. The molecule has 1 saturated heterocycles. The Hall–Kier alpha value is -1.63. The lowest BCUT2D eigenvalue weighted by atomic mass is 9.97. The molecule has 0 aliphatic carbocycles. The lowest BCUT2D eigenvalue weighted by Gasteiger charge is -2.21. The minimum atomic E-state index is -4.65. The molecule has 2 heterocycles. The molecule has 116 valence electrons. The van der Waals surface area contributed by atoms with Crippen LogP contribution in [0.15, 0.2) is 35.4 Å². The number of halogens is 4. The minimum absolute atomic E-state index is 0.107. The Morgan fingerprint density at radius 2 is 1.81 bits per heavy atom. The molecule has 0 amide bonds. The van der Waals surface area contributed by atoms with Crippen LogP contribution in [-0.2, 0) is 4.74 Å². The first-order valence-electron chi connectivity index (χ1n) is 6.74. The topological polar surface area (TPSA) is 24.8 Å². The lowest BCUT2D eigenvalue weighted by molar-refractivity contribution is -0.0696. The molecular weight excluding hydrogens is 288 g/mol. The molecule has 0 aromatic heterocycles. The van der Waals surface area contributed by atoms with Crippen molar-refractivity contribution in [2.24, 2.45) is 11.0 Å². The average Bonchev–Trinajstić information content (AvgIpc) is 3.03. The number of hydrogen-bond acceptors (Lipinski definition) is 3. The van der Waals surface area contributed by atoms with Gasteiger partial charge in [0.2, 0.25) is 6.36 Å². The van der Waals surface area contributed by atoms with Crippen molar-refractivity contribution >= 4 is 11.4 Å². The maximum absolute atomic E-state index is 13.5. The minimum Gasteiger partial charge on any atom is -0.345 e. The van der Waals surface area contributed by atoms with Crippen LogP contribution in [0.1, 0.15) is 13.8 Å². The van der Waals surface area contributed by atoms with E-state index in [2.05, 4.69) is 5.10 Å². The SMILES string of the molecule is CC.FC1OCC2C1C(C(F)(F)F)=NN2c1ccccc1. The van der Waals surface area contributed by atoms with Crippen LogP contribution >= 0.6 is 0 Å². The molecule has 0 radical (unpaired) electrons. The largest absolute Gasteiger partial charge is 0.431 e. The second-order valence-electron chi connectivity index (χ2n) is 4.44. The van der Waals surface area contributed by atoms with Gasteiger partial charge in [-0.15, -0.1) is 0 Å². The normalized spacial score (nSPS) is 27.8. The van der Waals surface area contributed by atoms with Crippen LogP contribution < -0.4 is 5.01 Å². The molecule has 1 fully saturated rings. The summed E-state index contributed by atoms with van der Waals surface area (Å²) in [6.07, 6.45) is -6.61. The van der Waals surface area contributed by atoms with Crippen molar-refractivity contribution in [3.8, 4) is 0 Å². The Kier molecular flexibility index (Phi) is 4.51. The number of hydrogen-bond donors (Lipinski definition) is 0. The zero-order chi connectivity index (χ0) is 15.6. The number of benzene rings is 1. The number of rotatable bonds is 1. The smallest absolute Gasteiger partial charge is 0.345 e. The molecule has 2 aliphatic rings. The summed E-state index contributed by atoms with van der Waals surface area (Å²) in [5, 5.41) is 4.77. The van der Waals surface area contributed by atoms with Crippen LogP contribution in [0, 0.1) is 5.92 Å². The zero-order valence-electron chi connectivity index (χ0n) is 11.6. The second-order valence-corrected chi connectivity index (χ2v) is 4.44. The molecule has 0 saturated carbocycles. The quantitative estimate of drug-likeness (QED) is 0.738. The van der Waals surface area contributed by atoms with Crippen molar-refractivity contribution in [1.82, 2.24) is 0 Å². The highest BCUT2D eigenvalue weighted by Gasteiger charge is 2.57. The third-order valence-corrected chi connectivity index (χ3v) is 3.28. The van der Waals surface area contributed by atoms with E-state index in [0.29, 0.717) is 5.69 Å². The number of fused-ring (bicyclic) bond motifs is 1. The lowest BCUT2D eigenvalue weighted by Crippen LogP contribution is -2.37.